The molecule has 1 heterocycles. The van der Waals surface area contributed by atoms with Crippen molar-refractivity contribution in [2.45, 2.75) is 31.7 Å². The number of amides is 2. The number of carbonyl (C=O) groups excluding carboxylic acids is 1. The molecule has 2 rings (SSSR count). The second-order valence-corrected chi connectivity index (χ2v) is 6.19. The first-order valence-electron chi connectivity index (χ1n) is 7.74. The molecule has 0 radical (unpaired) electrons. The van der Waals surface area contributed by atoms with E-state index in [0.717, 1.165) is 11.6 Å². The molecule has 0 fully saturated rings. The normalized spacial score (nSPS) is 13.9. The Labute approximate surface area is 153 Å². The zero-order valence-corrected chi connectivity index (χ0v) is 14.6. The van der Waals surface area contributed by atoms with Crippen LogP contribution in [0.3, 0.4) is 0 Å². The molecule has 0 aliphatic carbocycles. The molecule has 142 valence electrons. The third-order valence-corrected chi connectivity index (χ3v) is 4.01. The minimum atomic E-state index is -4.95. The molecule has 0 aliphatic rings. The molecule has 0 spiro atoms. The van der Waals surface area contributed by atoms with Gasteiger partial charge in [0.1, 0.15) is 11.5 Å². The quantitative estimate of drug-likeness (QED) is 0.700. The topological polar surface area (TPSA) is 74.5 Å². The summed E-state index contributed by atoms with van der Waals surface area (Å²) in [5.74, 6) is -0.359. The first kappa shape index (κ1) is 20.1. The third-order valence-electron chi connectivity index (χ3n) is 3.76. The molecule has 9 heteroatoms. The van der Waals surface area contributed by atoms with Gasteiger partial charge in [0.15, 0.2) is 0 Å². The lowest BCUT2D eigenvalue weighted by atomic mass is 9.96. The summed E-state index contributed by atoms with van der Waals surface area (Å²) in [7, 11) is 0. The number of benzene rings is 1. The van der Waals surface area contributed by atoms with Gasteiger partial charge in [-0.15, -0.1) is 0 Å². The van der Waals surface area contributed by atoms with Gasteiger partial charge in [-0.2, -0.15) is 13.2 Å². The predicted molar refractivity (Wildman–Crippen MR) is 89.7 cm³/mol. The van der Waals surface area contributed by atoms with Crippen LogP contribution in [-0.4, -0.2) is 23.9 Å². The summed E-state index contributed by atoms with van der Waals surface area (Å²) in [5.41, 5.74) is -2.40. The van der Waals surface area contributed by atoms with Crippen LogP contribution < -0.4 is 10.6 Å². The van der Waals surface area contributed by atoms with Gasteiger partial charge in [-0.1, -0.05) is 23.7 Å². The van der Waals surface area contributed by atoms with E-state index in [1.165, 1.54) is 13.0 Å². The molecule has 2 aromatic rings. The van der Waals surface area contributed by atoms with E-state index in [1.807, 2.05) is 0 Å². The highest BCUT2D eigenvalue weighted by Gasteiger charge is 2.56. The van der Waals surface area contributed by atoms with Gasteiger partial charge in [-0.05, 0) is 36.8 Å². The van der Waals surface area contributed by atoms with Gasteiger partial charge in [0.25, 0.3) is 0 Å². The molecule has 1 aromatic carbocycles. The Hall–Kier alpha value is -2.19. The molecule has 0 saturated carbocycles. The maximum absolute atomic E-state index is 13.3. The Bertz CT molecular complexity index is 746. The van der Waals surface area contributed by atoms with Crippen LogP contribution in [0.1, 0.15) is 23.5 Å². The van der Waals surface area contributed by atoms with Crippen LogP contribution >= 0.6 is 11.6 Å². The van der Waals surface area contributed by atoms with Gasteiger partial charge in [-0.25, -0.2) is 4.79 Å². The molecular weight excluding hydrogens is 373 g/mol. The summed E-state index contributed by atoms with van der Waals surface area (Å²) in [4.78, 5) is 11.7. The lowest BCUT2D eigenvalue weighted by molar-refractivity contribution is -0.274. The van der Waals surface area contributed by atoms with Crippen molar-refractivity contribution in [1.82, 2.24) is 10.6 Å². The monoisotopic (exact) mass is 390 g/mol. The zero-order valence-electron chi connectivity index (χ0n) is 13.9. The number of hydrogen-bond acceptors (Lipinski definition) is 3. The largest absolute Gasteiger partial charge is 0.463 e. The number of nitrogens with one attached hydrogen (secondary N) is 2. The van der Waals surface area contributed by atoms with Crippen molar-refractivity contribution in [3.8, 4) is 0 Å². The number of urea groups is 1. The van der Waals surface area contributed by atoms with Crippen LogP contribution in [0.4, 0.5) is 18.0 Å². The van der Waals surface area contributed by atoms with Gasteiger partial charge in [0.2, 0.25) is 5.60 Å². The van der Waals surface area contributed by atoms with E-state index in [1.54, 1.807) is 24.3 Å². The molecule has 0 saturated heterocycles. The smallest absolute Gasteiger partial charge is 0.424 e. The van der Waals surface area contributed by atoms with E-state index in [-0.39, 0.29) is 12.3 Å². The lowest BCUT2D eigenvalue weighted by Crippen LogP contribution is -2.45. The second kappa shape index (κ2) is 8.01. The van der Waals surface area contributed by atoms with Gasteiger partial charge < -0.3 is 20.2 Å². The average Bonchev–Trinajstić information content (AvgIpc) is 3.00. The fourth-order valence-electron chi connectivity index (χ4n) is 2.27. The molecule has 3 N–H and O–H groups in total. The van der Waals surface area contributed by atoms with Gasteiger partial charge in [0.05, 0.1) is 0 Å². The van der Waals surface area contributed by atoms with Crippen LogP contribution in [0, 0.1) is 6.92 Å². The fourth-order valence-corrected chi connectivity index (χ4v) is 2.39. The molecule has 5 nitrogen and oxygen atoms in total. The number of carbonyl (C=O) groups is 1. The van der Waals surface area contributed by atoms with E-state index in [0.29, 0.717) is 5.02 Å². The van der Waals surface area contributed by atoms with Gasteiger partial charge in [-0.3, -0.25) is 0 Å². The molecule has 1 unspecified atom stereocenters. The number of hydrogen-bond donors (Lipinski definition) is 3. The number of aliphatic hydroxyl groups is 1. The van der Waals surface area contributed by atoms with Crippen LogP contribution in [-0.2, 0) is 12.1 Å². The van der Waals surface area contributed by atoms with Crippen molar-refractivity contribution >= 4 is 17.6 Å². The molecule has 1 atom stereocenters. The lowest BCUT2D eigenvalue weighted by Gasteiger charge is -2.28. The SMILES string of the molecule is Cc1ccc(C(O)(CCNC(=O)NCc2ccc(Cl)cc2)C(F)(F)F)o1. The van der Waals surface area contributed by atoms with Crippen molar-refractivity contribution in [1.29, 1.82) is 0 Å². The van der Waals surface area contributed by atoms with Crippen molar-refractivity contribution in [3.63, 3.8) is 0 Å². The number of aryl methyl sites for hydroxylation is 1. The predicted octanol–water partition coefficient (Wildman–Crippen LogP) is 3.88. The summed E-state index contributed by atoms with van der Waals surface area (Å²) in [6.07, 6.45) is -5.73. The molecule has 1 aromatic heterocycles. The molecule has 0 aliphatic heterocycles. The van der Waals surface area contributed by atoms with E-state index in [4.69, 9.17) is 16.0 Å². The Morgan fingerprint density at radius 2 is 1.81 bits per heavy atom. The number of halogens is 4. The highest BCUT2D eigenvalue weighted by atomic mass is 35.5. The summed E-state index contributed by atoms with van der Waals surface area (Å²) >= 11 is 5.75. The molecule has 0 bridgehead atoms. The molecular formula is C17H18ClF3N2O3. The summed E-state index contributed by atoms with van der Waals surface area (Å²) in [6.45, 7) is 1.26. The molecule has 26 heavy (non-hydrogen) atoms. The summed E-state index contributed by atoms with van der Waals surface area (Å²) < 4.78 is 44.8. The van der Waals surface area contributed by atoms with Crippen molar-refractivity contribution in [3.05, 3.63) is 58.5 Å². The number of furan rings is 1. The maximum Gasteiger partial charge on any atom is 0.424 e. The number of rotatable bonds is 6. The zero-order chi connectivity index (χ0) is 19.4. The standard InChI is InChI=1S/C17H18ClF3N2O3/c1-11-2-7-14(26-11)16(25,17(19,20)21)8-9-22-15(24)23-10-12-3-5-13(18)6-4-12/h2-7,25H,8-10H2,1H3,(H2,22,23,24). The summed E-state index contributed by atoms with van der Waals surface area (Å²) in [6, 6.07) is 8.49. The van der Waals surface area contributed by atoms with Crippen LogP contribution in [0.25, 0.3) is 0 Å². The highest BCUT2D eigenvalue weighted by molar-refractivity contribution is 6.30. The van der Waals surface area contributed by atoms with Crippen molar-refractivity contribution in [2.75, 3.05) is 6.54 Å². The minimum Gasteiger partial charge on any atom is -0.463 e. The Morgan fingerprint density at radius 3 is 2.35 bits per heavy atom. The van der Waals surface area contributed by atoms with E-state index >= 15 is 0 Å². The van der Waals surface area contributed by atoms with Crippen molar-refractivity contribution < 1.29 is 27.5 Å². The van der Waals surface area contributed by atoms with Crippen molar-refractivity contribution in [2.24, 2.45) is 0 Å². The Morgan fingerprint density at radius 1 is 1.15 bits per heavy atom. The first-order valence-corrected chi connectivity index (χ1v) is 8.12. The highest BCUT2D eigenvalue weighted by Crippen LogP contribution is 2.41. The third kappa shape index (κ3) is 4.92. The van der Waals surface area contributed by atoms with E-state index < -0.39 is 36.5 Å². The average molecular weight is 391 g/mol. The second-order valence-electron chi connectivity index (χ2n) is 5.75. The molecule has 2 amide bonds. The minimum absolute atomic E-state index is 0.184. The maximum atomic E-state index is 13.3. The van der Waals surface area contributed by atoms with Crippen LogP contribution in [0.5, 0.6) is 0 Å². The van der Waals surface area contributed by atoms with E-state index in [2.05, 4.69) is 10.6 Å². The summed E-state index contributed by atoms with van der Waals surface area (Å²) in [5, 5.41) is 15.4. The Balaban J connectivity index is 1.89. The number of alkyl halides is 3. The Kier molecular flexibility index (Phi) is 6.20. The van der Waals surface area contributed by atoms with Gasteiger partial charge >= 0.3 is 12.2 Å². The van der Waals surface area contributed by atoms with Crippen LogP contribution in [0.15, 0.2) is 40.8 Å². The van der Waals surface area contributed by atoms with Crippen LogP contribution in [0.2, 0.25) is 5.02 Å². The first-order chi connectivity index (χ1) is 12.1. The van der Waals surface area contributed by atoms with Gasteiger partial charge in [0, 0.05) is 24.5 Å². The van der Waals surface area contributed by atoms with E-state index in [9.17, 15) is 23.1 Å². The fraction of sp³-hybridized carbons (Fsp3) is 0.353.